The highest BCUT2D eigenvalue weighted by molar-refractivity contribution is 7.86. The highest BCUT2D eigenvalue weighted by Gasteiger charge is 2.26. The quantitative estimate of drug-likeness (QED) is 0.639. The van der Waals surface area contributed by atoms with Gasteiger partial charge in [0.05, 0.1) is 6.26 Å². The van der Waals surface area contributed by atoms with Gasteiger partial charge in [0.1, 0.15) is 5.75 Å². The van der Waals surface area contributed by atoms with Crippen molar-refractivity contribution in [2.45, 2.75) is 58.9 Å². The van der Waals surface area contributed by atoms with Gasteiger partial charge in [-0.2, -0.15) is 8.42 Å². The van der Waals surface area contributed by atoms with Crippen molar-refractivity contribution < 1.29 is 17.4 Å². The first-order valence-corrected chi connectivity index (χ1v) is 11.3. The molecule has 0 radical (unpaired) electrons. The second-order valence-electron chi connectivity index (χ2n) is 7.71. The molecule has 1 aromatic rings. The summed E-state index contributed by atoms with van der Waals surface area (Å²) in [6.07, 6.45) is 7.52. The third kappa shape index (κ3) is 6.98. The Morgan fingerprint density at radius 1 is 1.15 bits per heavy atom. The molecule has 2 rings (SSSR count). The van der Waals surface area contributed by atoms with E-state index in [0.717, 1.165) is 50.5 Å². The van der Waals surface area contributed by atoms with Gasteiger partial charge in [0.2, 0.25) is 5.91 Å². The average molecular weight is 382 g/mol. The van der Waals surface area contributed by atoms with Gasteiger partial charge < -0.3 is 9.08 Å². The highest BCUT2D eigenvalue weighted by atomic mass is 32.2. The van der Waals surface area contributed by atoms with Crippen LogP contribution in [0.25, 0.3) is 0 Å². The summed E-state index contributed by atoms with van der Waals surface area (Å²) >= 11 is 0. The van der Waals surface area contributed by atoms with Crippen LogP contribution in [0, 0.1) is 11.8 Å². The Bertz CT molecular complexity index is 676. The molecule has 1 aliphatic rings. The predicted molar refractivity (Wildman–Crippen MR) is 103 cm³/mol. The van der Waals surface area contributed by atoms with E-state index < -0.39 is 10.1 Å². The topological polar surface area (TPSA) is 63.7 Å². The van der Waals surface area contributed by atoms with Gasteiger partial charge in [-0.3, -0.25) is 4.79 Å². The molecule has 0 heterocycles. The van der Waals surface area contributed by atoms with Crippen LogP contribution in [-0.4, -0.2) is 32.0 Å². The summed E-state index contributed by atoms with van der Waals surface area (Å²) in [5, 5.41) is 0. The normalized spacial score (nSPS) is 15.8. The number of carbonyl (C=O) groups is 1. The molecule has 6 heteroatoms. The SMILES string of the molecule is CC(C)CCN(Cc1ccc(OS(C)(=O)=O)cc1)C(=O)C1CCCCC1. The van der Waals surface area contributed by atoms with Gasteiger partial charge in [-0.1, -0.05) is 45.2 Å². The molecule has 1 aromatic carbocycles. The summed E-state index contributed by atoms with van der Waals surface area (Å²) in [5.41, 5.74) is 0.985. The van der Waals surface area contributed by atoms with E-state index in [-0.39, 0.29) is 11.8 Å². The van der Waals surface area contributed by atoms with Crippen LogP contribution in [-0.2, 0) is 21.5 Å². The van der Waals surface area contributed by atoms with Crippen LogP contribution >= 0.6 is 0 Å². The maximum Gasteiger partial charge on any atom is 0.306 e. The maximum atomic E-state index is 13.0. The summed E-state index contributed by atoms with van der Waals surface area (Å²) in [6, 6.07) is 6.94. The minimum Gasteiger partial charge on any atom is -0.383 e. The van der Waals surface area contributed by atoms with Gasteiger partial charge in [-0.25, -0.2) is 0 Å². The average Bonchev–Trinajstić information content (AvgIpc) is 2.59. The first-order valence-electron chi connectivity index (χ1n) is 9.52. The molecule has 1 fully saturated rings. The summed E-state index contributed by atoms with van der Waals surface area (Å²) in [5.74, 6) is 1.26. The zero-order valence-corrected chi connectivity index (χ0v) is 16.9. The van der Waals surface area contributed by atoms with Gasteiger partial charge in [0.25, 0.3) is 0 Å². The molecule has 146 valence electrons. The van der Waals surface area contributed by atoms with Crippen LogP contribution in [0.15, 0.2) is 24.3 Å². The molecule has 0 aliphatic heterocycles. The van der Waals surface area contributed by atoms with Gasteiger partial charge in [0.15, 0.2) is 0 Å². The molecule has 0 saturated heterocycles. The summed E-state index contributed by atoms with van der Waals surface area (Å²) < 4.78 is 27.3. The second-order valence-corrected chi connectivity index (χ2v) is 9.28. The van der Waals surface area contributed by atoms with Crippen LogP contribution < -0.4 is 4.18 Å². The number of hydrogen-bond donors (Lipinski definition) is 0. The zero-order valence-electron chi connectivity index (χ0n) is 16.1. The van der Waals surface area contributed by atoms with E-state index in [2.05, 4.69) is 13.8 Å². The molecule has 0 spiro atoms. The van der Waals surface area contributed by atoms with E-state index in [1.165, 1.54) is 6.42 Å². The third-order valence-electron chi connectivity index (χ3n) is 4.79. The van der Waals surface area contributed by atoms with Crippen molar-refractivity contribution >= 4 is 16.0 Å². The predicted octanol–water partition coefficient (Wildman–Crippen LogP) is 3.98. The number of benzene rings is 1. The Labute approximate surface area is 157 Å². The van der Waals surface area contributed by atoms with E-state index in [4.69, 9.17) is 4.18 Å². The lowest BCUT2D eigenvalue weighted by molar-refractivity contribution is -0.137. The molecule has 0 unspecified atom stereocenters. The fourth-order valence-electron chi connectivity index (χ4n) is 3.33. The fourth-order valence-corrected chi connectivity index (χ4v) is 3.80. The molecule has 26 heavy (non-hydrogen) atoms. The Morgan fingerprint density at radius 3 is 2.31 bits per heavy atom. The van der Waals surface area contributed by atoms with E-state index in [1.807, 2.05) is 17.0 Å². The smallest absolute Gasteiger partial charge is 0.306 e. The molecule has 5 nitrogen and oxygen atoms in total. The Morgan fingerprint density at radius 2 is 1.77 bits per heavy atom. The van der Waals surface area contributed by atoms with Crippen molar-refractivity contribution in [3.8, 4) is 5.75 Å². The van der Waals surface area contributed by atoms with Crippen molar-refractivity contribution in [1.29, 1.82) is 0 Å². The van der Waals surface area contributed by atoms with Crippen molar-refractivity contribution in [2.75, 3.05) is 12.8 Å². The molecule has 1 aliphatic carbocycles. The maximum absolute atomic E-state index is 13.0. The van der Waals surface area contributed by atoms with Gasteiger partial charge >= 0.3 is 10.1 Å². The summed E-state index contributed by atoms with van der Waals surface area (Å²) in [4.78, 5) is 15.0. The van der Waals surface area contributed by atoms with Gasteiger partial charge in [0, 0.05) is 19.0 Å². The second kappa shape index (κ2) is 9.40. The van der Waals surface area contributed by atoms with Crippen LogP contribution in [0.3, 0.4) is 0 Å². The standard InChI is InChI=1S/C20H31NO4S/c1-16(2)13-14-21(20(22)18-7-5-4-6-8-18)15-17-9-11-19(12-10-17)25-26(3,23)24/h9-12,16,18H,4-8,13-15H2,1-3H3. The minimum atomic E-state index is -3.52. The van der Waals surface area contributed by atoms with Crippen molar-refractivity contribution in [1.82, 2.24) is 4.90 Å². The molecule has 0 aromatic heterocycles. The summed E-state index contributed by atoms with van der Waals surface area (Å²) in [6.45, 7) is 5.65. The van der Waals surface area contributed by atoms with Crippen molar-refractivity contribution in [3.05, 3.63) is 29.8 Å². The molecular formula is C20H31NO4S. The van der Waals surface area contributed by atoms with Crippen LogP contribution in [0.1, 0.15) is 57.9 Å². The Hall–Kier alpha value is -1.56. The molecule has 1 saturated carbocycles. The van der Waals surface area contributed by atoms with E-state index in [1.54, 1.807) is 12.1 Å². The lowest BCUT2D eigenvalue weighted by atomic mass is 9.88. The van der Waals surface area contributed by atoms with Crippen LogP contribution in [0.2, 0.25) is 0 Å². The largest absolute Gasteiger partial charge is 0.383 e. The van der Waals surface area contributed by atoms with E-state index in [9.17, 15) is 13.2 Å². The molecule has 0 atom stereocenters. The number of hydrogen-bond acceptors (Lipinski definition) is 4. The van der Waals surface area contributed by atoms with Crippen molar-refractivity contribution in [2.24, 2.45) is 11.8 Å². The molecular weight excluding hydrogens is 350 g/mol. The number of amides is 1. The van der Waals surface area contributed by atoms with E-state index in [0.29, 0.717) is 18.2 Å². The molecule has 1 amide bonds. The van der Waals surface area contributed by atoms with Crippen LogP contribution in [0.5, 0.6) is 5.75 Å². The molecule has 0 N–H and O–H groups in total. The fraction of sp³-hybridized carbons (Fsp3) is 0.650. The summed E-state index contributed by atoms with van der Waals surface area (Å²) in [7, 11) is -3.52. The first-order chi connectivity index (χ1) is 12.2. The Balaban J connectivity index is 2.06. The number of nitrogens with zero attached hydrogens (tertiary/aromatic N) is 1. The minimum absolute atomic E-state index is 0.156. The third-order valence-corrected chi connectivity index (χ3v) is 5.28. The Kier molecular flexibility index (Phi) is 7.50. The lowest BCUT2D eigenvalue weighted by Gasteiger charge is -2.30. The number of rotatable bonds is 8. The zero-order chi connectivity index (χ0) is 19.2. The monoisotopic (exact) mass is 381 g/mol. The molecule has 0 bridgehead atoms. The highest BCUT2D eigenvalue weighted by Crippen LogP contribution is 2.26. The van der Waals surface area contributed by atoms with Gasteiger partial charge in [-0.15, -0.1) is 0 Å². The van der Waals surface area contributed by atoms with Gasteiger partial charge in [-0.05, 0) is 42.9 Å². The van der Waals surface area contributed by atoms with Crippen LogP contribution in [0.4, 0.5) is 0 Å². The lowest BCUT2D eigenvalue weighted by Crippen LogP contribution is -2.37. The first kappa shape index (κ1) is 20.7. The number of carbonyl (C=O) groups excluding carboxylic acids is 1. The van der Waals surface area contributed by atoms with E-state index >= 15 is 0 Å². The van der Waals surface area contributed by atoms with Crippen molar-refractivity contribution in [3.63, 3.8) is 0 Å².